The van der Waals surface area contributed by atoms with Crippen molar-refractivity contribution in [2.24, 2.45) is 0 Å². The van der Waals surface area contributed by atoms with Crippen LogP contribution in [-0.2, 0) is 19.4 Å². The van der Waals surface area contributed by atoms with Crippen molar-refractivity contribution in [2.75, 3.05) is 12.3 Å². The molecular weight excluding hydrogens is 384 g/mol. The van der Waals surface area contributed by atoms with Gasteiger partial charge in [0.2, 0.25) is 5.91 Å². The van der Waals surface area contributed by atoms with Crippen molar-refractivity contribution in [3.05, 3.63) is 40.5 Å². The number of nitrogens with one attached hydrogen (secondary N) is 1. The molecule has 0 unspecified atom stereocenters. The summed E-state index contributed by atoms with van der Waals surface area (Å²) in [5, 5.41) is 3.71. The lowest BCUT2D eigenvalue weighted by Gasteiger charge is -2.15. The molecule has 1 aromatic rings. The van der Waals surface area contributed by atoms with Crippen molar-refractivity contribution in [2.45, 2.75) is 12.5 Å². The van der Waals surface area contributed by atoms with Crippen LogP contribution in [-0.4, -0.2) is 47.8 Å². The summed E-state index contributed by atoms with van der Waals surface area (Å²) in [4.78, 5) is 26.1. The van der Waals surface area contributed by atoms with E-state index in [1.165, 1.54) is 17.2 Å². The van der Waals surface area contributed by atoms with Gasteiger partial charge in [0, 0.05) is 24.4 Å². The largest absolute Gasteiger partial charge is 0.465 e. The summed E-state index contributed by atoms with van der Waals surface area (Å²) in [6, 6.07) is 2.92. The third-order valence-corrected chi connectivity index (χ3v) is 6.30. The summed E-state index contributed by atoms with van der Waals surface area (Å²) < 4.78 is 28.2. The Bertz CT molecular complexity index is 871. The molecule has 0 spiro atoms. The van der Waals surface area contributed by atoms with E-state index in [1.807, 2.05) is 0 Å². The summed E-state index contributed by atoms with van der Waals surface area (Å²) in [7, 11) is -3.22. The second-order valence-corrected chi connectivity index (χ2v) is 9.04. The molecule has 2 amide bonds. The van der Waals surface area contributed by atoms with Crippen molar-refractivity contribution in [1.82, 2.24) is 10.2 Å². The van der Waals surface area contributed by atoms with Crippen molar-refractivity contribution < 1.29 is 22.4 Å². The molecule has 2 aliphatic rings. The molecule has 0 saturated carbocycles. The van der Waals surface area contributed by atoms with Gasteiger partial charge in [-0.3, -0.25) is 14.5 Å². The molecule has 1 atom stereocenters. The molecule has 3 heterocycles. The molecule has 7 nitrogen and oxygen atoms in total. The molecule has 0 radical (unpaired) electrons. The Morgan fingerprint density at radius 2 is 2.32 bits per heavy atom. The van der Waals surface area contributed by atoms with E-state index in [0.717, 1.165) is 17.2 Å². The van der Waals surface area contributed by atoms with Crippen LogP contribution >= 0.6 is 24.0 Å². The summed E-state index contributed by atoms with van der Waals surface area (Å²) in [5.74, 6) is -0.197. The maximum absolute atomic E-state index is 12.4. The van der Waals surface area contributed by atoms with E-state index < -0.39 is 15.9 Å². The zero-order valence-electron chi connectivity index (χ0n) is 12.9. The number of furan rings is 1. The van der Waals surface area contributed by atoms with Crippen molar-refractivity contribution >= 4 is 56.0 Å². The second-order valence-electron chi connectivity index (χ2n) is 5.43. The van der Waals surface area contributed by atoms with Crippen LogP contribution in [0.5, 0.6) is 0 Å². The number of hydrogen-bond donors (Lipinski definition) is 1. The quantitative estimate of drug-likeness (QED) is 0.590. The number of thioether (sulfide) groups is 1. The minimum absolute atomic E-state index is 0.0326. The van der Waals surface area contributed by atoms with Gasteiger partial charge in [-0.2, -0.15) is 0 Å². The van der Waals surface area contributed by atoms with Crippen LogP contribution in [0.25, 0.3) is 6.08 Å². The molecule has 3 rings (SSSR count). The topological polar surface area (TPSA) is 96.7 Å². The number of hydrogen-bond acceptors (Lipinski definition) is 7. The third kappa shape index (κ3) is 4.39. The summed E-state index contributed by atoms with van der Waals surface area (Å²) in [6.45, 7) is 0.134. The lowest BCUT2D eigenvalue weighted by Crippen LogP contribution is -2.38. The van der Waals surface area contributed by atoms with Gasteiger partial charge in [-0.15, -0.1) is 0 Å². The van der Waals surface area contributed by atoms with Crippen LogP contribution < -0.4 is 5.32 Å². The van der Waals surface area contributed by atoms with Crippen LogP contribution in [0.2, 0.25) is 0 Å². The van der Waals surface area contributed by atoms with Gasteiger partial charge >= 0.3 is 0 Å². The smallest absolute Gasteiger partial charge is 0.266 e. The van der Waals surface area contributed by atoms with E-state index in [4.69, 9.17) is 16.6 Å². The third-order valence-electron chi connectivity index (χ3n) is 3.53. The van der Waals surface area contributed by atoms with Gasteiger partial charge in [-0.25, -0.2) is 8.42 Å². The number of rotatable bonds is 5. The minimum Gasteiger partial charge on any atom is -0.465 e. The highest BCUT2D eigenvalue weighted by molar-refractivity contribution is 8.26. The standard InChI is InChI=1S/C15H14N2O5S3/c18-13(16-10-4-7-25(20,21)9-10)3-5-17-14(19)12(24-15(17)23)8-11-2-1-6-22-11/h1-2,4,6-8,10H,3,5,9H2,(H,16,18)/b12-8-/t10-/m0/s1. The Morgan fingerprint density at radius 1 is 1.52 bits per heavy atom. The fourth-order valence-electron chi connectivity index (χ4n) is 2.35. The van der Waals surface area contributed by atoms with Gasteiger partial charge in [0.05, 0.1) is 23.0 Å². The number of carbonyl (C=O) groups excluding carboxylic acids is 2. The second kappa shape index (κ2) is 7.14. The lowest BCUT2D eigenvalue weighted by molar-refractivity contribution is -0.124. The zero-order valence-corrected chi connectivity index (χ0v) is 15.3. The molecule has 2 aliphatic heterocycles. The van der Waals surface area contributed by atoms with E-state index >= 15 is 0 Å². The summed E-state index contributed by atoms with van der Waals surface area (Å²) in [5.41, 5.74) is 0. The summed E-state index contributed by atoms with van der Waals surface area (Å²) >= 11 is 6.34. The molecule has 0 aromatic carbocycles. The van der Waals surface area contributed by atoms with E-state index in [0.29, 0.717) is 15.0 Å². The van der Waals surface area contributed by atoms with Gasteiger partial charge in [-0.05, 0) is 18.2 Å². The Morgan fingerprint density at radius 3 is 2.96 bits per heavy atom. The predicted molar refractivity (Wildman–Crippen MR) is 98.1 cm³/mol. The molecule has 1 fully saturated rings. The molecule has 1 N–H and O–H groups in total. The maximum atomic E-state index is 12.4. The van der Waals surface area contributed by atoms with Crippen LogP contribution in [0.3, 0.4) is 0 Å². The van der Waals surface area contributed by atoms with Crippen LogP contribution in [0.4, 0.5) is 0 Å². The first-order chi connectivity index (χ1) is 11.8. The van der Waals surface area contributed by atoms with Gasteiger partial charge in [0.1, 0.15) is 10.1 Å². The SMILES string of the molecule is O=C(CCN1C(=O)/C(=C/c2ccco2)SC1=S)N[C@H]1C=CS(=O)(=O)C1. The first kappa shape index (κ1) is 17.9. The van der Waals surface area contributed by atoms with E-state index in [9.17, 15) is 18.0 Å². The number of carbonyl (C=O) groups is 2. The first-order valence-corrected chi connectivity index (χ1v) is 10.3. The number of sulfone groups is 1. The zero-order chi connectivity index (χ0) is 18.0. The van der Waals surface area contributed by atoms with E-state index in [2.05, 4.69) is 5.32 Å². The van der Waals surface area contributed by atoms with Crippen molar-refractivity contribution in [3.8, 4) is 0 Å². The molecule has 1 aromatic heterocycles. The van der Waals surface area contributed by atoms with E-state index in [-0.39, 0.29) is 30.5 Å². The Hall–Kier alpha value is -1.91. The van der Waals surface area contributed by atoms with Gasteiger partial charge in [0.25, 0.3) is 5.91 Å². The summed E-state index contributed by atoms with van der Waals surface area (Å²) in [6.07, 6.45) is 4.59. The highest BCUT2D eigenvalue weighted by Crippen LogP contribution is 2.32. The van der Waals surface area contributed by atoms with Gasteiger partial charge in [0.15, 0.2) is 9.84 Å². The number of amides is 2. The van der Waals surface area contributed by atoms with Crippen molar-refractivity contribution in [1.29, 1.82) is 0 Å². The molecule has 132 valence electrons. The molecule has 0 aliphatic carbocycles. The monoisotopic (exact) mass is 398 g/mol. The van der Waals surface area contributed by atoms with Crippen LogP contribution in [0, 0.1) is 0 Å². The van der Waals surface area contributed by atoms with Gasteiger partial charge < -0.3 is 9.73 Å². The highest BCUT2D eigenvalue weighted by atomic mass is 32.2. The Kier molecular flexibility index (Phi) is 5.11. The normalized spacial score (nSPS) is 23.6. The molecule has 1 saturated heterocycles. The fourth-order valence-corrected chi connectivity index (χ4v) is 4.88. The van der Waals surface area contributed by atoms with Gasteiger partial charge in [-0.1, -0.05) is 24.0 Å². The molecule has 0 bridgehead atoms. The number of thiocarbonyl (C=S) groups is 1. The molecule has 25 heavy (non-hydrogen) atoms. The fraction of sp³-hybridized carbons (Fsp3) is 0.267. The average Bonchev–Trinajstić information content (AvgIpc) is 3.21. The first-order valence-electron chi connectivity index (χ1n) is 7.33. The lowest BCUT2D eigenvalue weighted by atomic mass is 10.3. The number of nitrogens with zero attached hydrogens (tertiary/aromatic N) is 1. The Balaban J connectivity index is 1.54. The van der Waals surface area contributed by atoms with E-state index in [1.54, 1.807) is 18.2 Å². The average molecular weight is 398 g/mol. The highest BCUT2D eigenvalue weighted by Gasteiger charge is 2.32. The van der Waals surface area contributed by atoms with Crippen LogP contribution in [0.15, 0.2) is 39.2 Å². The minimum atomic E-state index is -3.22. The Labute approximate surface area is 154 Å². The van der Waals surface area contributed by atoms with Crippen LogP contribution in [0.1, 0.15) is 12.2 Å². The molecule has 10 heteroatoms. The molecular formula is C15H14N2O5S3. The maximum Gasteiger partial charge on any atom is 0.266 e. The van der Waals surface area contributed by atoms with Crippen molar-refractivity contribution in [3.63, 3.8) is 0 Å². The predicted octanol–water partition coefficient (Wildman–Crippen LogP) is 1.30.